The quantitative estimate of drug-likeness (QED) is 0.741. The molecule has 22 heavy (non-hydrogen) atoms. The number of hydrogen-bond donors (Lipinski definition) is 2. The molecule has 0 aromatic heterocycles. The first-order chi connectivity index (χ1) is 10.7. The number of nitrogens with one attached hydrogen (secondary N) is 2. The van der Waals surface area contributed by atoms with Crippen LogP contribution in [0.2, 0.25) is 0 Å². The first-order valence-corrected chi connectivity index (χ1v) is 10.4. The monoisotopic (exact) mass is 371 g/mol. The van der Waals surface area contributed by atoms with Gasteiger partial charge in [0.05, 0.1) is 12.6 Å². The molecule has 3 nitrogen and oxygen atoms in total. The molecule has 0 radical (unpaired) electrons. The Morgan fingerprint density at radius 2 is 1.77 bits per heavy atom. The summed E-state index contributed by atoms with van der Waals surface area (Å²) in [6.07, 6.45) is 12.6. The molecule has 0 aromatic carbocycles. The molecule has 0 bridgehead atoms. The summed E-state index contributed by atoms with van der Waals surface area (Å²) in [5.74, 6) is 0.903. The smallest absolute Gasteiger partial charge is 0.189 e. The molecule has 0 aromatic rings. The summed E-state index contributed by atoms with van der Waals surface area (Å²) in [5, 5.41) is 3.74. The van der Waals surface area contributed by atoms with E-state index in [0.29, 0.717) is 28.6 Å². The van der Waals surface area contributed by atoms with Gasteiger partial charge >= 0.3 is 0 Å². The molecule has 0 amide bonds. The number of piperidine rings is 2. The van der Waals surface area contributed by atoms with Crippen LogP contribution in [0.25, 0.3) is 0 Å². The van der Waals surface area contributed by atoms with Gasteiger partial charge in [-0.15, -0.1) is 0 Å². The topological polar surface area (TPSA) is 33.5 Å². The molecule has 126 valence electrons. The van der Waals surface area contributed by atoms with Gasteiger partial charge in [0, 0.05) is 17.2 Å². The van der Waals surface area contributed by atoms with Crippen LogP contribution in [0.4, 0.5) is 0 Å². The van der Waals surface area contributed by atoms with Crippen LogP contribution in [-0.2, 0) is 4.79 Å². The largest absolute Gasteiger partial charge is 0.325 e. The van der Waals surface area contributed by atoms with E-state index in [-0.39, 0.29) is 0 Å². The average Bonchev–Trinajstić information content (AvgIpc) is 2.57. The zero-order valence-electron chi connectivity index (χ0n) is 13.8. The molecule has 3 aliphatic rings. The number of ketones is 1. The lowest BCUT2D eigenvalue weighted by Gasteiger charge is -2.39. The normalized spacial score (nSPS) is 40.3. The third kappa shape index (κ3) is 4.33. The summed E-state index contributed by atoms with van der Waals surface area (Å²) in [4.78, 5) is 15.0. The van der Waals surface area contributed by atoms with Crippen molar-refractivity contribution in [1.82, 2.24) is 5.32 Å². The highest BCUT2D eigenvalue weighted by Gasteiger charge is 2.36. The van der Waals surface area contributed by atoms with Crippen LogP contribution in [0, 0.1) is 5.92 Å². The summed E-state index contributed by atoms with van der Waals surface area (Å²) in [7, 11) is 0. The highest BCUT2D eigenvalue weighted by molar-refractivity contribution is 9.09. The Kier molecular flexibility index (Phi) is 6.34. The molecule has 3 rings (SSSR count). The number of likely N-dealkylation sites (tertiary alicyclic amines) is 1. The molecule has 0 spiro atoms. The fourth-order valence-electron chi connectivity index (χ4n) is 4.78. The minimum Gasteiger partial charge on any atom is -0.325 e. The van der Waals surface area contributed by atoms with E-state index in [4.69, 9.17) is 0 Å². The molecular formula is C18H32BrN2O+. The zero-order valence-corrected chi connectivity index (χ0v) is 15.4. The lowest BCUT2D eigenvalue weighted by Crippen LogP contribution is -3.19. The number of rotatable bonds is 4. The van der Waals surface area contributed by atoms with Crippen LogP contribution >= 0.6 is 15.9 Å². The summed E-state index contributed by atoms with van der Waals surface area (Å²) >= 11 is 3.70. The van der Waals surface area contributed by atoms with Crippen LogP contribution < -0.4 is 10.2 Å². The predicted octanol–water partition coefficient (Wildman–Crippen LogP) is 2.09. The standard InChI is InChI=1S/C18H31BrN2O/c19-15-9-7-14(8-10-15)18(22)13-21-12-4-2-6-17(21)16-5-1-3-11-20-16/h14-17,20H,1-13H2/p+1. The molecule has 3 unspecified atom stereocenters. The maximum atomic E-state index is 12.7. The van der Waals surface area contributed by atoms with Gasteiger partial charge in [0.1, 0.15) is 12.6 Å². The van der Waals surface area contributed by atoms with Crippen molar-refractivity contribution in [2.75, 3.05) is 19.6 Å². The van der Waals surface area contributed by atoms with Gasteiger partial charge in [0.25, 0.3) is 0 Å². The van der Waals surface area contributed by atoms with Gasteiger partial charge in [-0.1, -0.05) is 22.4 Å². The summed E-state index contributed by atoms with van der Waals surface area (Å²) in [5.41, 5.74) is 0. The van der Waals surface area contributed by atoms with E-state index in [1.165, 1.54) is 64.5 Å². The van der Waals surface area contributed by atoms with Gasteiger partial charge in [0.15, 0.2) is 5.78 Å². The highest BCUT2D eigenvalue weighted by Crippen LogP contribution is 2.29. The van der Waals surface area contributed by atoms with E-state index in [9.17, 15) is 4.79 Å². The second kappa shape index (κ2) is 8.25. The Hall–Kier alpha value is 0.0700. The maximum Gasteiger partial charge on any atom is 0.189 e. The Labute approximate surface area is 143 Å². The highest BCUT2D eigenvalue weighted by atomic mass is 79.9. The SMILES string of the molecule is O=C(C[NH+]1CCCCC1C1CCCCN1)C1CCC(Br)CC1. The number of carbonyl (C=O) groups excluding carboxylic acids is 1. The summed E-state index contributed by atoms with van der Waals surface area (Å²) < 4.78 is 0. The van der Waals surface area contributed by atoms with Crippen molar-refractivity contribution in [2.45, 2.75) is 81.1 Å². The van der Waals surface area contributed by atoms with Crippen molar-refractivity contribution in [3.63, 3.8) is 0 Å². The van der Waals surface area contributed by atoms with Crippen molar-refractivity contribution < 1.29 is 9.69 Å². The van der Waals surface area contributed by atoms with Gasteiger partial charge in [-0.3, -0.25) is 4.79 Å². The van der Waals surface area contributed by atoms with Gasteiger partial charge in [-0.2, -0.15) is 0 Å². The first kappa shape index (κ1) is 16.9. The summed E-state index contributed by atoms with van der Waals surface area (Å²) in [6.45, 7) is 3.18. The third-order valence-electron chi connectivity index (χ3n) is 6.13. The number of carbonyl (C=O) groups is 1. The summed E-state index contributed by atoms with van der Waals surface area (Å²) in [6, 6.07) is 1.35. The Balaban J connectivity index is 1.55. The number of quaternary nitrogens is 1. The molecule has 4 heteroatoms. The predicted molar refractivity (Wildman–Crippen MR) is 93.7 cm³/mol. The molecule has 3 atom stereocenters. The van der Waals surface area contributed by atoms with E-state index in [1.54, 1.807) is 4.90 Å². The second-order valence-corrected chi connectivity index (χ2v) is 8.95. The van der Waals surface area contributed by atoms with E-state index >= 15 is 0 Å². The molecule has 2 saturated heterocycles. The Morgan fingerprint density at radius 3 is 2.50 bits per heavy atom. The molecule has 1 aliphatic carbocycles. The van der Waals surface area contributed by atoms with Crippen LogP contribution in [0.3, 0.4) is 0 Å². The lowest BCUT2D eigenvalue weighted by atomic mass is 9.85. The second-order valence-electron chi connectivity index (χ2n) is 7.66. The number of hydrogen-bond acceptors (Lipinski definition) is 2. The first-order valence-electron chi connectivity index (χ1n) is 9.49. The lowest BCUT2D eigenvalue weighted by molar-refractivity contribution is -0.924. The van der Waals surface area contributed by atoms with E-state index < -0.39 is 0 Å². The fraction of sp³-hybridized carbons (Fsp3) is 0.944. The molecular weight excluding hydrogens is 340 g/mol. The van der Waals surface area contributed by atoms with Crippen LogP contribution in [0.5, 0.6) is 0 Å². The van der Waals surface area contributed by atoms with Gasteiger partial charge in [-0.25, -0.2) is 0 Å². The molecule has 1 saturated carbocycles. The Morgan fingerprint density at radius 1 is 1.00 bits per heavy atom. The zero-order chi connectivity index (χ0) is 15.4. The van der Waals surface area contributed by atoms with Crippen LogP contribution in [0.15, 0.2) is 0 Å². The van der Waals surface area contributed by atoms with Gasteiger partial charge in [-0.05, 0) is 57.9 Å². The van der Waals surface area contributed by atoms with Crippen molar-refractivity contribution in [2.24, 2.45) is 5.92 Å². The van der Waals surface area contributed by atoms with Crippen LogP contribution in [0.1, 0.15) is 64.2 Å². The maximum absolute atomic E-state index is 12.7. The molecule has 2 heterocycles. The van der Waals surface area contributed by atoms with E-state index in [1.807, 2.05) is 0 Å². The van der Waals surface area contributed by atoms with E-state index in [2.05, 4.69) is 21.2 Å². The van der Waals surface area contributed by atoms with Crippen molar-refractivity contribution >= 4 is 21.7 Å². The van der Waals surface area contributed by atoms with E-state index in [0.717, 1.165) is 19.4 Å². The molecule has 2 aliphatic heterocycles. The minimum atomic E-state index is 0.350. The fourth-order valence-corrected chi connectivity index (χ4v) is 5.30. The third-order valence-corrected chi connectivity index (χ3v) is 7.05. The van der Waals surface area contributed by atoms with Crippen molar-refractivity contribution in [3.8, 4) is 0 Å². The van der Waals surface area contributed by atoms with Crippen molar-refractivity contribution in [3.05, 3.63) is 0 Å². The van der Waals surface area contributed by atoms with Gasteiger partial charge in [0.2, 0.25) is 0 Å². The Bertz CT molecular complexity index is 362. The number of alkyl halides is 1. The minimum absolute atomic E-state index is 0.350. The average molecular weight is 372 g/mol. The molecule has 3 fully saturated rings. The van der Waals surface area contributed by atoms with Crippen molar-refractivity contribution in [1.29, 1.82) is 0 Å². The number of Topliss-reactive ketones (excluding diaryl/α,β-unsaturated/α-hetero) is 1. The number of halogens is 1. The van der Waals surface area contributed by atoms with Crippen LogP contribution in [-0.4, -0.2) is 42.3 Å². The molecule has 2 N–H and O–H groups in total. The van der Waals surface area contributed by atoms with Gasteiger partial charge < -0.3 is 10.2 Å².